The molecule has 17 heavy (non-hydrogen) atoms. The number of methoxy groups -OCH3 is 2. The van der Waals surface area contributed by atoms with Gasteiger partial charge in [0.2, 0.25) is 0 Å². The van der Waals surface area contributed by atoms with Crippen molar-refractivity contribution in [3.8, 4) is 6.07 Å². The van der Waals surface area contributed by atoms with Crippen LogP contribution in [0.15, 0.2) is 35.5 Å². The van der Waals surface area contributed by atoms with Crippen LogP contribution < -0.4 is 0 Å². The lowest BCUT2D eigenvalue weighted by Crippen LogP contribution is -2.27. The van der Waals surface area contributed by atoms with Crippen LogP contribution in [-0.4, -0.2) is 25.8 Å². The second-order valence-electron chi connectivity index (χ2n) is 3.93. The minimum Gasteiger partial charge on any atom is -0.466 e. The van der Waals surface area contributed by atoms with Crippen LogP contribution in [0.4, 0.5) is 0 Å². The summed E-state index contributed by atoms with van der Waals surface area (Å²) in [6, 6.07) is 2.13. The Morgan fingerprint density at radius 1 is 1.59 bits per heavy atom. The van der Waals surface area contributed by atoms with E-state index in [1.165, 1.54) is 13.2 Å². The molecule has 4 heteroatoms. The molecule has 90 valence electrons. The highest BCUT2D eigenvalue weighted by Crippen LogP contribution is 2.29. The fourth-order valence-electron chi connectivity index (χ4n) is 1.50. The van der Waals surface area contributed by atoms with Crippen molar-refractivity contribution >= 4 is 5.97 Å². The first-order valence-electron chi connectivity index (χ1n) is 5.18. The molecule has 0 saturated carbocycles. The number of allylic oxidation sites excluding steroid dienone is 3. The van der Waals surface area contributed by atoms with E-state index in [4.69, 9.17) is 10.00 Å². The minimum atomic E-state index is -0.451. The zero-order valence-electron chi connectivity index (χ0n) is 10.2. The maximum atomic E-state index is 11.0. The van der Waals surface area contributed by atoms with E-state index in [0.717, 1.165) is 0 Å². The van der Waals surface area contributed by atoms with Gasteiger partial charge in [-0.05, 0) is 18.6 Å². The zero-order chi connectivity index (χ0) is 12.9. The first-order chi connectivity index (χ1) is 8.04. The van der Waals surface area contributed by atoms with Crippen molar-refractivity contribution in [2.24, 2.45) is 0 Å². The van der Waals surface area contributed by atoms with E-state index >= 15 is 0 Å². The number of nitrogens with zero attached hydrogens (tertiary/aromatic N) is 1. The number of hydrogen-bond donors (Lipinski definition) is 0. The molecule has 1 unspecified atom stereocenters. The van der Waals surface area contributed by atoms with Crippen molar-refractivity contribution in [3.63, 3.8) is 0 Å². The Balaban J connectivity index is 2.94. The van der Waals surface area contributed by atoms with Gasteiger partial charge in [-0.3, -0.25) is 0 Å². The molecule has 1 aliphatic carbocycles. The molecule has 0 saturated heterocycles. The van der Waals surface area contributed by atoms with Gasteiger partial charge < -0.3 is 9.47 Å². The van der Waals surface area contributed by atoms with Crippen molar-refractivity contribution in [2.45, 2.75) is 18.9 Å². The Hall–Kier alpha value is -1.86. The van der Waals surface area contributed by atoms with Crippen LogP contribution in [0.1, 0.15) is 13.3 Å². The van der Waals surface area contributed by atoms with Crippen LogP contribution in [-0.2, 0) is 14.3 Å². The number of nitriles is 1. The van der Waals surface area contributed by atoms with E-state index in [1.54, 1.807) is 19.3 Å². The molecular formula is C13H15NO3. The number of carbonyl (C=O) groups excluding carboxylic acids is 1. The molecule has 0 radical (unpaired) electrons. The SMILES string of the molecule is COC(=O)C=CC1=C(C#N)CC(C)(OC)C=C1. The average Bonchev–Trinajstić information content (AvgIpc) is 2.36. The van der Waals surface area contributed by atoms with Crippen LogP contribution in [0.3, 0.4) is 0 Å². The third-order valence-electron chi connectivity index (χ3n) is 2.69. The van der Waals surface area contributed by atoms with Crippen LogP contribution in [0, 0.1) is 11.3 Å². The van der Waals surface area contributed by atoms with Crippen molar-refractivity contribution in [1.82, 2.24) is 0 Å². The van der Waals surface area contributed by atoms with Gasteiger partial charge in [0.15, 0.2) is 0 Å². The predicted molar refractivity (Wildman–Crippen MR) is 63.0 cm³/mol. The average molecular weight is 233 g/mol. The van der Waals surface area contributed by atoms with Gasteiger partial charge in [-0.1, -0.05) is 12.2 Å². The Labute approximate surface area is 101 Å². The lowest BCUT2D eigenvalue weighted by molar-refractivity contribution is -0.134. The van der Waals surface area contributed by atoms with Gasteiger partial charge in [-0.25, -0.2) is 4.79 Å². The molecule has 0 spiro atoms. The standard InChI is InChI=1S/C13H15NO3/c1-13(17-3)7-6-10(11(8-13)9-14)4-5-12(15)16-2/h4-7H,8H2,1-3H3. The van der Waals surface area contributed by atoms with Crippen molar-refractivity contribution in [1.29, 1.82) is 5.26 Å². The summed E-state index contributed by atoms with van der Waals surface area (Å²) in [6.45, 7) is 1.90. The molecule has 0 amide bonds. The van der Waals surface area contributed by atoms with Gasteiger partial charge in [0.25, 0.3) is 0 Å². The Kier molecular flexibility index (Phi) is 4.24. The number of esters is 1. The van der Waals surface area contributed by atoms with E-state index in [1.807, 2.05) is 13.0 Å². The Morgan fingerprint density at radius 2 is 2.29 bits per heavy atom. The minimum absolute atomic E-state index is 0.441. The highest BCUT2D eigenvalue weighted by molar-refractivity contribution is 5.82. The third-order valence-corrected chi connectivity index (χ3v) is 2.69. The molecule has 4 nitrogen and oxygen atoms in total. The Bertz CT molecular complexity index is 440. The molecule has 0 fully saturated rings. The van der Waals surface area contributed by atoms with Gasteiger partial charge in [-0.15, -0.1) is 0 Å². The van der Waals surface area contributed by atoms with Gasteiger partial charge >= 0.3 is 5.97 Å². The summed E-state index contributed by atoms with van der Waals surface area (Å²) in [6.07, 6.45) is 7.04. The molecule has 0 aliphatic heterocycles. The van der Waals surface area contributed by atoms with Gasteiger partial charge in [0, 0.05) is 25.2 Å². The second-order valence-corrected chi connectivity index (χ2v) is 3.93. The molecule has 0 bridgehead atoms. The monoisotopic (exact) mass is 233 g/mol. The molecule has 1 atom stereocenters. The van der Waals surface area contributed by atoms with Crippen LogP contribution in [0.5, 0.6) is 0 Å². The smallest absolute Gasteiger partial charge is 0.330 e. The molecule has 0 aromatic rings. The molecule has 1 rings (SSSR count). The first-order valence-corrected chi connectivity index (χ1v) is 5.18. The summed E-state index contributed by atoms with van der Waals surface area (Å²) in [5.41, 5.74) is 0.859. The van der Waals surface area contributed by atoms with Crippen molar-refractivity contribution < 1.29 is 14.3 Å². The summed E-state index contributed by atoms with van der Waals surface area (Å²) < 4.78 is 9.81. The zero-order valence-corrected chi connectivity index (χ0v) is 10.2. The molecule has 0 aromatic carbocycles. The second kappa shape index (κ2) is 5.46. The van der Waals surface area contributed by atoms with Gasteiger partial charge in [-0.2, -0.15) is 5.26 Å². The largest absolute Gasteiger partial charge is 0.466 e. The summed E-state index contributed by atoms with van der Waals surface area (Å²) in [7, 11) is 2.92. The molecule has 1 aliphatic rings. The quantitative estimate of drug-likeness (QED) is 0.551. The van der Waals surface area contributed by atoms with E-state index in [0.29, 0.717) is 17.6 Å². The van der Waals surface area contributed by atoms with Crippen LogP contribution >= 0.6 is 0 Å². The number of hydrogen-bond acceptors (Lipinski definition) is 4. The lowest BCUT2D eigenvalue weighted by Gasteiger charge is -2.27. The highest BCUT2D eigenvalue weighted by atomic mass is 16.5. The van der Waals surface area contributed by atoms with Crippen LogP contribution in [0.2, 0.25) is 0 Å². The molecule has 0 aromatic heterocycles. The normalized spacial score (nSPS) is 23.9. The summed E-state index contributed by atoms with van der Waals surface area (Å²) >= 11 is 0. The van der Waals surface area contributed by atoms with Crippen molar-refractivity contribution in [2.75, 3.05) is 14.2 Å². The number of carbonyl (C=O) groups is 1. The third kappa shape index (κ3) is 3.30. The predicted octanol–water partition coefficient (Wildman–Crippen LogP) is 1.90. The first kappa shape index (κ1) is 13.2. The van der Waals surface area contributed by atoms with Crippen LogP contribution in [0.25, 0.3) is 0 Å². The Morgan fingerprint density at radius 3 is 2.82 bits per heavy atom. The fourth-order valence-corrected chi connectivity index (χ4v) is 1.50. The number of rotatable bonds is 3. The highest BCUT2D eigenvalue weighted by Gasteiger charge is 2.26. The topological polar surface area (TPSA) is 59.3 Å². The fraction of sp³-hybridized carbons (Fsp3) is 0.385. The summed E-state index contributed by atoms with van der Waals surface area (Å²) in [5.74, 6) is -0.441. The van der Waals surface area contributed by atoms with E-state index in [-0.39, 0.29) is 0 Å². The van der Waals surface area contributed by atoms with Gasteiger partial charge in [0.05, 0.1) is 18.8 Å². The maximum Gasteiger partial charge on any atom is 0.330 e. The maximum absolute atomic E-state index is 11.0. The summed E-state index contributed by atoms with van der Waals surface area (Å²) in [4.78, 5) is 11.0. The molecule has 0 heterocycles. The van der Waals surface area contributed by atoms with E-state index in [2.05, 4.69) is 10.8 Å². The van der Waals surface area contributed by atoms with Crippen molar-refractivity contribution in [3.05, 3.63) is 35.5 Å². The van der Waals surface area contributed by atoms with E-state index < -0.39 is 11.6 Å². The molecular weight excluding hydrogens is 218 g/mol. The van der Waals surface area contributed by atoms with E-state index in [9.17, 15) is 4.79 Å². The number of ether oxygens (including phenoxy) is 2. The lowest BCUT2D eigenvalue weighted by atomic mass is 9.87. The molecule has 0 N–H and O–H groups in total. The van der Waals surface area contributed by atoms with Gasteiger partial charge in [0.1, 0.15) is 0 Å². The summed E-state index contributed by atoms with van der Waals surface area (Å²) in [5, 5.41) is 9.06.